The van der Waals surface area contributed by atoms with Gasteiger partial charge in [0, 0.05) is 11.4 Å². The molecule has 0 N–H and O–H groups in total. The second-order valence-electron chi connectivity index (χ2n) is 4.77. The summed E-state index contributed by atoms with van der Waals surface area (Å²) < 4.78 is 6.19. The summed E-state index contributed by atoms with van der Waals surface area (Å²) in [5.41, 5.74) is 3.34. The summed E-state index contributed by atoms with van der Waals surface area (Å²) >= 11 is 3.54. The molecule has 0 saturated heterocycles. The Hall–Kier alpha value is -1.87. The van der Waals surface area contributed by atoms with Crippen LogP contribution in [0.15, 0.2) is 64.6 Å². The lowest BCUT2D eigenvalue weighted by Crippen LogP contribution is -2.05. The summed E-state index contributed by atoms with van der Waals surface area (Å²) in [4.78, 5) is 11.1. The fourth-order valence-corrected chi connectivity index (χ4v) is 2.41. The van der Waals surface area contributed by atoms with Crippen LogP contribution < -0.4 is 0 Å². The Morgan fingerprint density at radius 2 is 1.76 bits per heavy atom. The maximum atomic E-state index is 11.1. The summed E-state index contributed by atoms with van der Waals surface area (Å²) in [5.74, 6) is -0.263. The third kappa shape index (κ3) is 5.20. The predicted octanol–water partition coefficient (Wildman–Crippen LogP) is 4.64. The van der Waals surface area contributed by atoms with Crippen molar-refractivity contribution in [1.29, 1.82) is 0 Å². The van der Waals surface area contributed by atoms with E-state index in [1.807, 2.05) is 42.5 Å². The second-order valence-corrected chi connectivity index (χ2v) is 5.62. The van der Waals surface area contributed by atoms with Gasteiger partial charge < -0.3 is 4.74 Å². The molecule has 3 heteroatoms. The zero-order valence-electron chi connectivity index (χ0n) is 11.9. The van der Waals surface area contributed by atoms with Gasteiger partial charge in [0.2, 0.25) is 0 Å². The van der Waals surface area contributed by atoms with Gasteiger partial charge in [0.1, 0.15) is 6.61 Å². The van der Waals surface area contributed by atoms with Crippen LogP contribution in [0, 0.1) is 0 Å². The fourth-order valence-electron chi connectivity index (χ4n) is 2.01. The lowest BCUT2D eigenvalue weighted by molar-refractivity contribution is -0.139. The minimum absolute atomic E-state index is 0.263. The van der Waals surface area contributed by atoms with Gasteiger partial charge in [-0.15, -0.1) is 0 Å². The van der Waals surface area contributed by atoms with Crippen LogP contribution in [-0.4, -0.2) is 12.6 Å². The molecule has 0 atom stereocenters. The molecule has 0 saturated carbocycles. The van der Waals surface area contributed by atoms with Gasteiger partial charge in [0.15, 0.2) is 0 Å². The molecule has 0 spiro atoms. The largest absolute Gasteiger partial charge is 0.461 e. The summed E-state index contributed by atoms with van der Waals surface area (Å²) in [6.45, 7) is 1.74. The number of carbonyl (C=O) groups excluding carboxylic acids is 1. The maximum absolute atomic E-state index is 11.1. The van der Waals surface area contributed by atoms with E-state index < -0.39 is 0 Å². The van der Waals surface area contributed by atoms with Gasteiger partial charge in [-0.2, -0.15) is 0 Å². The minimum Gasteiger partial charge on any atom is -0.461 e. The third-order valence-electron chi connectivity index (χ3n) is 3.00. The van der Waals surface area contributed by atoms with Crippen molar-refractivity contribution < 1.29 is 9.53 Å². The number of rotatable bonds is 5. The van der Waals surface area contributed by atoms with Crippen molar-refractivity contribution in [2.24, 2.45) is 0 Å². The standard InChI is InChI=1S/C18H17BrO2/c1-14(20)21-13-16(11-15-7-3-2-4-8-15)12-17-9-5-6-10-18(17)19/h2-10,12H,11,13H2,1H3/b16-12-. The van der Waals surface area contributed by atoms with Gasteiger partial charge in [-0.25, -0.2) is 0 Å². The van der Waals surface area contributed by atoms with Crippen LogP contribution in [0.1, 0.15) is 18.1 Å². The summed E-state index contributed by atoms with van der Waals surface area (Å²) in [5, 5.41) is 0. The molecule has 2 aromatic carbocycles. The third-order valence-corrected chi connectivity index (χ3v) is 3.72. The van der Waals surface area contributed by atoms with E-state index in [1.165, 1.54) is 12.5 Å². The van der Waals surface area contributed by atoms with Crippen molar-refractivity contribution in [2.45, 2.75) is 13.3 Å². The topological polar surface area (TPSA) is 26.3 Å². The summed E-state index contributed by atoms with van der Waals surface area (Å²) in [6, 6.07) is 18.2. The highest BCUT2D eigenvalue weighted by atomic mass is 79.9. The lowest BCUT2D eigenvalue weighted by Gasteiger charge is -2.09. The SMILES string of the molecule is CC(=O)OC/C(=C\c1ccccc1Br)Cc1ccccc1. The van der Waals surface area contributed by atoms with Crippen LogP contribution in [0.3, 0.4) is 0 Å². The minimum atomic E-state index is -0.263. The molecular formula is C18H17BrO2. The molecule has 0 amide bonds. The zero-order chi connectivity index (χ0) is 15.1. The molecule has 2 aromatic rings. The van der Waals surface area contributed by atoms with Crippen molar-refractivity contribution in [1.82, 2.24) is 0 Å². The van der Waals surface area contributed by atoms with E-state index in [1.54, 1.807) is 0 Å². The fraction of sp³-hybridized carbons (Fsp3) is 0.167. The van der Waals surface area contributed by atoms with E-state index in [0.29, 0.717) is 6.61 Å². The number of benzene rings is 2. The van der Waals surface area contributed by atoms with E-state index in [-0.39, 0.29) is 5.97 Å². The normalized spacial score (nSPS) is 11.2. The summed E-state index contributed by atoms with van der Waals surface area (Å²) in [7, 11) is 0. The molecule has 0 unspecified atom stereocenters. The van der Waals surface area contributed by atoms with Crippen LogP contribution in [0.5, 0.6) is 0 Å². The average Bonchev–Trinajstić information content (AvgIpc) is 2.48. The molecule has 2 nitrogen and oxygen atoms in total. The van der Waals surface area contributed by atoms with Gasteiger partial charge >= 0.3 is 5.97 Å². The Balaban J connectivity index is 2.23. The molecule has 0 heterocycles. The number of hydrogen-bond acceptors (Lipinski definition) is 2. The van der Waals surface area contributed by atoms with Crippen molar-refractivity contribution >= 4 is 28.0 Å². The van der Waals surface area contributed by atoms with Gasteiger partial charge in [-0.05, 0) is 29.2 Å². The highest BCUT2D eigenvalue weighted by molar-refractivity contribution is 9.10. The quantitative estimate of drug-likeness (QED) is 0.738. The number of esters is 1. The Morgan fingerprint density at radius 3 is 2.43 bits per heavy atom. The van der Waals surface area contributed by atoms with Crippen molar-refractivity contribution in [2.75, 3.05) is 6.61 Å². The molecule has 0 aromatic heterocycles. The first-order valence-electron chi connectivity index (χ1n) is 6.76. The monoisotopic (exact) mass is 344 g/mol. The van der Waals surface area contributed by atoms with E-state index in [0.717, 1.165) is 22.0 Å². The molecule has 0 aliphatic rings. The molecule has 108 valence electrons. The van der Waals surface area contributed by atoms with Crippen LogP contribution in [0.25, 0.3) is 6.08 Å². The van der Waals surface area contributed by atoms with Gasteiger partial charge in [0.05, 0.1) is 0 Å². The van der Waals surface area contributed by atoms with E-state index in [2.05, 4.69) is 34.1 Å². The zero-order valence-corrected chi connectivity index (χ0v) is 13.5. The van der Waals surface area contributed by atoms with Crippen molar-refractivity contribution in [3.8, 4) is 0 Å². The van der Waals surface area contributed by atoms with E-state index >= 15 is 0 Å². The molecule has 0 radical (unpaired) electrons. The molecule has 0 fully saturated rings. The molecule has 0 bridgehead atoms. The number of hydrogen-bond donors (Lipinski definition) is 0. The van der Waals surface area contributed by atoms with Gasteiger partial charge in [-0.3, -0.25) is 4.79 Å². The maximum Gasteiger partial charge on any atom is 0.302 e. The molecule has 2 rings (SSSR count). The molecule has 0 aliphatic heterocycles. The predicted molar refractivity (Wildman–Crippen MR) is 88.9 cm³/mol. The number of ether oxygens (including phenoxy) is 1. The van der Waals surface area contributed by atoms with E-state index in [9.17, 15) is 4.79 Å². The molecule has 21 heavy (non-hydrogen) atoms. The highest BCUT2D eigenvalue weighted by Gasteiger charge is 2.04. The first-order chi connectivity index (χ1) is 10.1. The van der Waals surface area contributed by atoms with Gasteiger partial charge in [0.25, 0.3) is 0 Å². The van der Waals surface area contributed by atoms with Crippen molar-refractivity contribution in [3.63, 3.8) is 0 Å². The number of halogens is 1. The van der Waals surface area contributed by atoms with E-state index in [4.69, 9.17) is 4.74 Å². The Morgan fingerprint density at radius 1 is 1.10 bits per heavy atom. The van der Waals surface area contributed by atoms with Gasteiger partial charge in [-0.1, -0.05) is 70.5 Å². The lowest BCUT2D eigenvalue weighted by atomic mass is 10.0. The number of carbonyl (C=O) groups is 1. The average molecular weight is 345 g/mol. The van der Waals surface area contributed by atoms with Crippen molar-refractivity contribution in [3.05, 3.63) is 75.8 Å². The smallest absolute Gasteiger partial charge is 0.302 e. The first kappa shape index (κ1) is 15.5. The molecular weight excluding hydrogens is 328 g/mol. The highest BCUT2D eigenvalue weighted by Crippen LogP contribution is 2.20. The van der Waals surface area contributed by atoms with Crippen LogP contribution >= 0.6 is 15.9 Å². The second kappa shape index (κ2) is 7.79. The van der Waals surface area contributed by atoms with Crippen LogP contribution in [0.4, 0.5) is 0 Å². The van der Waals surface area contributed by atoms with Crippen LogP contribution in [0.2, 0.25) is 0 Å². The Kier molecular flexibility index (Phi) is 5.76. The van der Waals surface area contributed by atoms with Crippen LogP contribution in [-0.2, 0) is 16.0 Å². The summed E-state index contributed by atoms with van der Waals surface area (Å²) in [6.07, 6.45) is 2.83. The Labute approximate surface area is 133 Å². The Bertz CT molecular complexity index is 633. The molecule has 0 aliphatic carbocycles. The first-order valence-corrected chi connectivity index (χ1v) is 7.55.